The van der Waals surface area contributed by atoms with Gasteiger partial charge in [0.1, 0.15) is 17.2 Å². The Morgan fingerprint density at radius 2 is 2.19 bits per heavy atom. The van der Waals surface area contributed by atoms with Crippen LogP contribution in [0.15, 0.2) is 42.6 Å². The van der Waals surface area contributed by atoms with Crippen LogP contribution in [0.2, 0.25) is 0 Å². The van der Waals surface area contributed by atoms with E-state index >= 15 is 0 Å². The summed E-state index contributed by atoms with van der Waals surface area (Å²) in [6, 6.07) is 9.31. The van der Waals surface area contributed by atoms with Crippen LogP contribution in [-0.2, 0) is 0 Å². The van der Waals surface area contributed by atoms with Crippen molar-refractivity contribution in [1.29, 1.82) is 0 Å². The molecule has 0 spiro atoms. The molecular weight excluding hydrogens is 335 g/mol. The van der Waals surface area contributed by atoms with E-state index in [-0.39, 0.29) is 17.9 Å². The lowest BCUT2D eigenvalue weighted by Gasteiger charge is -2.37. The monoisotopic (exact) mass is 354 g/mol. The maximum absolute atomic E-state index is 13.6. The fraction of sp³-hybridized carbons (Fsp3) is 0.263. The second kappa shape index (κ2) is 6.01. The van der Waals surface area contributed by atoms with Crippen LogP contribution in [0, 0.1) is 5.82 Å². The third kappa shape index (κ3) is 3.08. The highest BCUT2D eigenvalue weighted by atomic mass is 19.1. The summed E-state index contributed by atoms with van der Waals surface area (Å²) in [6.45, 7) is 3.83. The Labute approximate surface area is 149 Å². The topological polar surface area (TPSA) is 79.0 Å². The Bertz CT molecular complexity index is 983. The molecule has 3 aromatic rings. The normalized spacial score (nSPS) is 18.0. The van der Waals surface area contributed by atoms with E-state index < -0.39 is 5.60 Å². The summed E-state index contributed by atoms with van der Waals surface area (Å²) >= 11 is 0. The molecular formula is C19H19FN4O2. The SMILES string of the molecule is CC1(C)C[C@@H](NC(=O)Nc2cccc3[nH]ncc23)c2ccc(F)cc2O1. The number of aromatic nitrogens is 2. The number of carbonyl (C=O) groups is 1. The second-order valence-electron chi connectivity index (χ2n) is 7.04. The number of fused-ring (bicyclic) bond motifs is 2. The Kier molecular flexibility index (Phi) is 3.79. The van der Waals surface area contributed by atoms with Crippen LogP contribution in [0.25, 0.3) is 10.9 Å². The second-order valence-corrected chi connectivity index (χ2v) is 7.04. The predicted molar refractivity (Wildman–Crippen MR) is 96.7 cm³/mol. The van der Waals surface area contributed by atoms with Crippen molar-refractivity contribution in [2.24, 2.45) is 0 Å². The maximum Gasteiger partial charge on any atom is 0.319 e. The van der Waals surface area contributed by atoms with E-state index in [4.69, 9.17) is 4.74 Å². The number of benzene rings is 2. The lowest BCUT2D eigenvalue weighted by atomic mass is 9.90. The number of H-pyrrole nitrogens is 1. The first-order valence-electron chi connectivity index (χ1n) is 8.39. The first kappa shape index (κ1) is 16.4. The number of nitrogens with one attached hydrogen (secondary N) is 3. The van der Waals surface area contributed by atoms with Gasteiger partial charge in [0.25, 0.3) is 0 Å². The average molecular weight is 354 g/mol. The Morgan fingerprint density at radius 3 is 3.04 bits per heavy atom. The van der Waals surface area contributed by atoms with Gasteiger partial charge in [0.05, 0.1) is 23.4 Å². The van der Waals surface area contributed by atoms with Crippen LogP contribution in [0.3, 0.4) is 0 Å². The summed E-state index contributed by atoms with van der Waals surface area (Å²) < 4.78 is 19.4. The molecule has 0 bridgehead atoms. The van der Waals surface area contributed by atoms with Crippen molar-refractivity contribution in [2.75, 3.05) is 5.32 Å². The minimum Gasteiger partial charge on any atom is -0.487 e. The van der Waals surface area contributed by atoms with Crippen LogP contribution in [0.4, 0.5) is 14.9 Å². The van der Waals surface area contributed by atoms with Crippen LogP contribution >= 0.6 is 0 Å². The van der Waals surface area contributed by atoms with Gasteiger partial charge in [-0.3, -0.25) is 5.10 Å². The number of urea groups is 1. The minimum absolute atomic E-state index is 0.280. The molecule has 0 unspecified atom stereocenters. The molecule has 7 heteroatoms. The van der Waals surface area contributed by atoms with E-state index in [1.54, 1.807) is 12.3 Å². The Hall–Kier alpha value is -3.09. The summed E-state index contributed by atoms with van der Waals surface area (Å²) in [7, 11) is 0. The number of rotatable bonds is 2. The fourth-order valence-corrected chi connectivity index (χ4v) is 3.35. The number of aromatic amines is 1. The first-order chi connectivity index (χ1) is 12.4. The van der Waals surface area contributed by atoms with Gasteiger partial charge in [-0.25, -0.2) is 9.18 Å². The third-order valence-corrected chi connectivity index (χ3v) is 4.47. The van der Waals surface area contributed by atoms with Gasteiger partial charge >= 0.3 is 6.03 Å². The van der Waals surface area contributed by atoms with E-state index in [1.165, 1.54) is 12.1 Å². The maximum atomic E-state index is 13.6. The van der Waals surface area contributed by atoms with Crippen molar-refractivity contribution in [1.82, 2.24) is 15.5 Å². The lowest BCUT2D eigenvalue weighted by molar-refractivity contribution is 0.0678. The molecule has 3 N–H and O–H groups in total. The lowest BCUT2D eigenvalue weighted by Crippen LogP contribution is -2.42. The zero-order valence-corrected chi connectivity index (χ0v) is 14.5. The van der Waals surface area contributed by atoms with Gasteiger partial charge in [-0.05, 0) is 32.0 Å². The summed E-state index contributed by atoms with van der Waals surface area (Å²) in [6.07, 6.45) is 2.25. The van der Waals surface area contributed by atoms with Crippen molar-refractivity contribution >= 4 is 22.6 Å². The highest BCUT2D eigenvalue weighted by molar-refractivity contribution is 6.00. The molecule has 6 nitrogen and oxygen atoms in total. The van der Waals surface area contributed by atoms with Crippen molar-refractivity contribution in [3.63, 3.8) is 0 Å². The Morgan fingerprint density at radius 1 is 1.35 bits per heavy atom. The number of carbonyl (C=O) groups excluding carboxylic acids is 1. The zero-order valence-electron chi connectivity index (χ0n) is 14.5. The van der Waals surface area contributed by atoms with Gasteiger partial charge in [-0.1, -0.05) is 12.1 Å². The van der Waals surface area contributed by atoms with Crippen molar-refractivity contribution in [3.05, 3.63) is 54.0 Å². The highest BCUT2D eigenvalue weighted by Gasteiger charge is 2.34. The predicted octanol–water partition coefficient (Wildman–Crippen LogP) is 4.13. The van der Waals surface area contributed by atoms with Crippen LogP contribution in [0.5, 0.6) is 5.75 Å². The molecule has 134 valence electrons. The number of anilines is 1. The molecule has 0 saturated heterocycles. The molecule has 1 atom stereocenters. The average Bonchev–Trinajstić information content (AvgIpc) is 3.03. The van der Waals surface area contributed by atoms with Crippen LogP contribution in [-0.4, -0.2) is 21.8 Å². The molecule has 2 aromatic carbocycles. The summed E-state index contributed by atoms with van der Waals surface area (Å²) in [4.78, 5) is 12.6. The number of hydrogen-bond donors (Lipinski definition) is 3. The summed E-state index contributed by atoms with van der Waals surface area (Å²) in [5.74, 6) is 0.0970. The quantitative estimate of drug-likeness (QED) is 0.647. The number of halogens is 1. The summed E-state index contributed by atoms with van der Waals surface area (Å²) in [5, 5.41) is 13.5. The molecule has 1 aliphatic heterocycles. The number of ether oxygens (including phenoxy) is 1. The molecule has 2 heterocycles. The zero-order chi connectivity index (χ0) is 18.3. The van der Waals surface area contributed by atoms with E-state index in [9.17, 15) is 9.18 Å². The molecule has 0 aliphatic carbocycles. The summed E-state index contributed by atoms with van der Waals surface area (Å²) in [5.41, 5.74) is 1.76. The Balaban J connectivity index is 1.57. The van der Waals surface area contributed by atoms with Gasteiger partial charge in [-0.15, -0.1) is 0 Å². The number of hydrogen-bond acceptors (Lipinski definition) is 3. The molecule has 1 aromatic heterocycles. The van der Waals surface area contributed by atoms with Crippen molar-refractivity contribution in [2.45, 2.75) is 31.9 Å². The van der Waals surface area contributed by atoms with E-state index in [0.717, 1.165) is 16.5 Å². The van der Waals surface area contributed by atoms with Crippen molar-refractivity contribution in [3.8, 4) is 5.75 Å². The first-order valence-corrected chi connectivity index (χ1v) is 8.39. The molecule has 0 saturated carbocycles. The van der Waals surface area contributed by atoms with Gasteiger partial charge in [0.15, 0.2) is 0 Å². The van der Waals surface area contributed by atoms with Crippen LogP contribution in [0.1, 0.15) is 31.9 Å². The highest BCUT2D eigenvalue weighted by Crippen LogP contribution is 2.39. The van der Waals surface area contributed by atoms with E-state index in [0.29, 0.717) is 17.9 Å². The molecule has 2 amide bonds. The van der Waals surface area contributed by atoms with Crippen LogP contribution < -0.4 is 15.4 Å². The smallest absolute Gasteiger partial charge is 0.319 e. The fourth-order valence-electron chi connectivity index (χ4n) is 3.35. The van der Waals surface area contributed by atoms with Gasteiger partial charge in [0.2, 0.25) is 0 Å². The largest absolute Gasteiger partial charge is 0.487 e. The third-order valence-electron chi connectivity index (χ3n) is 4.47. The van der Waals surface area contributed by atoms with E-state index in [1.807, 2.05) is 32.0 Å². The van der Waals surface area contributed by atoms with E-state index in [2.05, 4.69) is 20.8 Å². The van der Waals surface area contributed by atoms with Gasteiger partial charge in [-0.2, -0.15) is 5.10 Å². The standard InChI is InChI=1S/C19H19FN4O2/c1-19(2)9-16(12-7-6-11(20)8-17(12)26-19)23-18(25)22-14-4-3-5-15-13(14)10-21-24-15/h3-8,10,16H,9H2,1-2H3,(H,21,24)(H2,22,23,25)/t16-/m1/s1. The van der Waals surface area contributed by atoms with Gasteiger partial charge < -0.3 is 15.4 Å². The van der Waals surface area contributed by atoms with Gasteiger partial charge in [0, 0.05) is 23.4 Å². The molecule has 26 heavy (non-hydrogen) atoms. The molecule has 0 radical (unpaired) electrons. The van der Waals surface area contributed by atoms with Crippen molar-refractivity contribution < 1.29 is 13.9 Å². The minimum atomic E-state index is -0.511. The number of amides is 2. The molecule has 4 rings (SSSR count). The molecule has 1 aliphatic rings. The molecule has 0 fully saturated rings. The number of nitrogens with zero attached hydrogens (tertiary/aromatic N) is 1.